The molecule has 0 radical (unpaired) electrons. The average molecular weight is 1050 g/mol. The van der Waals surface area contributed by atoms with Crippen molar-refractivity contribution in [2.24, 2.45) is 50.2 Å². The number of ether oxygens (including phenoxy) is 8. The monoisotopic (exact) mass is 1040 g/mol. The van der Waals surface area contributed by atoms with Crippen LogP contribution in [0.25, 0.3) is 0 Å². The molecule has 5 aliphatic carbocycles. The summed E-state index contributed by atoms with van der Waals surface area (Å²) >= 11 is 0. The summed E-state index contributed by atoms with van der Waals surface area (Å²) in [5.41, 5.74) is -1.51. The van der Waals surface area contributed by atoms with Crippen LogP contribution in [0.3, 0.4) is 0 Å². The lowest BCUT2D eigenvalue weighted by atomic mass is 9.33. The summed E-state index contributed by atoms with van der Waals surface area (Å²) in [6.45, 7) is 15.5. The summed E-state index contributed by atoms with van der Waals surface area (Å²) in [7, 11) is 0. The van der Waals surface area contributed by atoms with Gasteiger partial charge in [0.2, 0.25) is 6.29 Å². The molecule has 4 saturated carbocycles. The minimum Gasteiger partial charge on any atom is -0.432 e. The highest BCUT2D eigenvalue weighted by Gasteiger charge is 2.71. The van der Waals surface area contributed by atoms with Gasteiger partial charge >= 0.3 is 5.97 Å². The van der Waals surface area contributed by atoms with E-state index in [1.54, 1.807) is 6.92 Å². The fourth-order valence-electron chi connectivity index (χ4n) is 16.0. The van der Waals surface area contributed by atoms with Crippen LogP contribution in [0.4, 0.5) is 0 Å². The molecule has 9 aliphatic rings. The van der Waals surface area contributed by atoms with E-state index >= 15 is 0 Å². The SMILES string of the molecule is C[C@@H]1O[C@@H](OC(=O)[C@]23CCC(C)(C)C[C@@H]2C2=CC[C@@H]4[C@@]5(C)C[C@@H](O)[C@H](O[C@@H]6O[C@H](CO)[C@@H](O)[C@H](O[C@@H]7OC[C@H](O)[C@H](O)[C@H]7O[C@@H]7OC[C@@H](O)[C@@H](O)[C@@H]7O)[C@H]6O)C(C)(C)[C@@H]5CC[C@@]4(C)[C@]2(C)CC3)[C@H](O)[C@H](O)[C@H]1O. The predicted octanol–water partition coefficient (Wildman–Crippen LogP) is -0.759. The predicted molar refractivity (Wildman–Crippen MR) is 251 cm³/mol. The summed E-state index contributed by atoms with van der Waals surface area (Å²) in [6.07, 6.45) is -21.4. The fraction of sp³-hybridized carbons (Fsp3) is 0.942. The molecular formula is C52H84O21. The number of fused-ring (bicyclic) bond motifs is 7. The van der Waals surface area contributed by atoms with Gasteiger partial charge in [-0.3, -0.25) is 4.79 Å². The first-order chi connectivity index (χ1) is 34.1. The zero-order valence-corrected chi connectivity index (χ0v) is 43.4. The highest BCUT2D eigenvalue weighted by Crippen LogP contribution is 2.76. The maximum absolute atomic E-state index is 14.7. The quantitative estimate of drug-likeness (QED) is 0.0767. The van der Waals surface area contributed by atoms with Crippen LogP contribution in [-0.2, 0) is 42.7 Å². The van der Waals surface area contributed by atoms with Gasteiger partial charge < -0.3 is 99.2 Å². The molecule has 9 rings (SSSR count). The maximum Gasteiger partial charge on any atom is 0.315 e. The van der Waals surface area contributed by atoms with Crippen molar-refractivity contribution in [1.29, 1.82) is 0 Å². The number of carbonyl (C=O) groups is 1. The van der Waals surface area contributed by atoms with Crippen LogP contribution < -0.4 is 0 Å². The van der Waals surface area contributed by atoms with Crippen molar-refractivity contribution in [3.05, 3.63) is 11.6 Å². The Kier molecular flexibility index (Phi) is 15.4. The number of hydrogen-bond donors (Lipinski definition) is 12. The summed E-state index contributed by atoms with van der Waals surface area (Å²) in [6, 6.07) is 0. The van der Waals surface area contributed by atoms with Crippen LogP contribution in [0, 0.1) is 50.2 Å². The largest absolute Gasteiger partial charge is 0.432 e. The summed E-state index contributed by atoms with van der Waals surface area (Å²) < 4.78 is 47.4. The molecule has 0 spiro atoms. The van der Waals surface area contributed by atoms with E-state index in [0.717, 1.165) is 25.7 Å². The van der Waals surface area contributed by atoms with Gasteiger partial charge in [0.15, 0.2) is 18.9 Å². The van der Waals surface area contributed by atoms with Crippen molar-refractivity contribution >= 4 is 5.97 Å². The molecule has 0 aromatic carbocycles. The molecule has 0 unspecified atom stereocenters. The van der Waals surface area contributed by atoms with E-state index in [9.17, 15) is 66.1 Å². The van der Waals surface area contributed by atoms with Crippen LogP contribution in [0.1, 0.15) is 113 Å². The van der Waals surface area contributed by atoms with Crippen LogP contribution in [0.15, 0.2) is 11.6 Å². The highest BCUT2D eigenvalue weighted by molar-refractivity contribution is 5.79. The number of hydrogen-bond acceptors (Lipinski definition) is 21. The number of aliphatic hydroxyl groups excluding tert-OH is 12. The molecule has 0 aromatic rings. The highest BCUT2D eigenvalue weighted by atomic mass is 16.8. The van der Waals surface area contributed by atoms with Gasteiger partial charge in [0.25, 0.3) is 0 Å². The Hall–Kier alpha value is -1.55. The molecule has 21 heteroatoms. The van der Waals surface area contributed by atoms with Crippen LogP contribution >= 0.6 is 0 Å². The second-order valence-corrected chi connectivity index (χ2v) is 25.5. The molecule has 418 valence electrons. The zero-order chi connectivity index (χ0) is 53.3. The van der Waals surface area contributed by atoms with Gasteiger partial charge in [0.05, 0.1) is 43.5 Å². The second kappa shape index (κ2) is 20.0. The Morgan fingerprint density at radius 2 is 1.25 bits per heavy atom. The van der Waals surface area contributed by atoms with Crippen LogP contribution in [0.2, 0.25) is 0 Å². The first-order valence-corrected chi connectivity index (χ1v) is 26.6. The fourth-order valence-corrected chi connectivity index (χ4v) is 16.0. The third-order valence-corrected chi connectivity index (χ3v) is 20.5. The number of rotatable bonds is 9. The van der Waals surface area contributed by atoms with E-state index in [4.69, 9.17) is 37.9 Å². The van der Waals surface area contributed by atoms with Gasteiger partial charge in [0, 0.05) is 0 Å². The van der Waals surface area contributed by atoms with Crippen LogP contribution in [-0.4, -0.2) is 210 Å². The lowest BCUT2D eigenvalue weighted by molar-refractivity contribution is -0.381. The van der Waals surface area contributed by atoms with Gasteiger partial charge in [-0.1, -0.05) is 60.1 Å². The standard InChI is InChI=1S/C52H84O21/c1-22-31(57)35(61)37(63)43(68-22)73-46(65)52-15-13-47(2,3)17-24(52)23-9-10-30-49(6)18-25(54)41(48(4,5)29(49)11-12-51(30,8)50(23,7)14-16-52)72-44-38(64)39(34(60)28(19-53)69-44)70-45-40(33(59)27(56)21-67-45)71-42-36(62)32(58)26(55)20-66-42/h9,22,24-45,53-64H,10-21H2,1-8H3/t22-,24+,25+,26+,27-,28+,29-,30+,31-,32+,33-,34+,35+,36-,37+,38+,39-,40+,41-,42-,43-,44-,45-,49-,50+,51+,52-/m0/s1. The maximum atomic E-state index is 14.7. The number of aliphatic hydroxyl groups is 12. The minimum absolute atomic E-state index is 0.0139. The van der Waals surface area contributed by atoms with Gasteiger partial charge in [-0.2, -0.15) is 0 Å². The second-order valence-electron chi connectivity index (χ2n) is 25.5. The van der Waals surface area contributed by atoms with Crippen molar-refractivity contribution in [2.75, 3.05) is 19.8 Å². The van der Waals surface area contributed by atoms with Gasteiger partial charge in [-0.25, -0.2) is 0 Å². The average Bonchev–Trinajstić information content (AvgIpc) is 3.32. The first-order valence-electron chi connectivity index (χ1n) is 26.6. The van der Waals surface area contributed by atoms with E-state index < -0.39 is 165 Å². The van der Waals surface area contributed by atoms with Crippen LogP contribution in [0.5, 0.6) is 0 Å². The lowest BCUT2D eigenvalue weighted by Crippen LogP contribution is -2.69. The molecule has 12 N–H and O–H groups in total. The lowest BCUT2D eigenvalue weighted by Gasteiger charge is -2.71. The van der Waals surface area contributed by atoms with Crippen molar-refractivity contribution in [2.45, 2.75) is 236 Å². The first kappa shape index (κ1) is 56.2. The molecule has 27 atom stereocenters. The third-order valence-electron chi connectivity index (χ3n) is 20.5. The molecule has 4 saturated heterocycles. The molecule has 4 heterocycles. The normalized spacial score (nSPS) is 54.7. The van der Waals surface area contributed by atoms with Crippen molar-refractivity contribution in [3.63, 3.8) is 0 Å². The summed E-state index contributed by atoms with van der Waals surface area (Å²) in [5, 5.41) is 130. The molecule has 8 fully saturated rings. The molecule has 21 nitrogen and oxygen atoms in total. The minimum atomic E-state index is -1.78. The number of esters is 1. The van der Waals surface area contributed by atoms with Gasteiger partial charge in [-0.15, -0.1) is 0 Å². The Bertz CT molecular complexity index is 2020. The van der Waals surface area contributed by atoms with Gasteiger partial charge in [-0.05, 0) is 110 Å². The Morgan fingerprint density at radius 3 is 1.93 bits per heavy atom. The van der Waals surface area contributed by atoms with Crippen molar-refractivity contribution < 1.29 is 104 Å². The molecule has 0 amide bonds. The smallest absolute Gasteiger partial charge is 0.315 e. The third kappa shape index (κ3) is 9.10. The van der Waals surface area contributed by atoms with E-state index in [-0.39, 0.29) is 34.0 Å². The number of allylic oxidation sites excluding steroid dienone is 2. The van der Waals surface area contributed by atoms with E-state index in [1.165, 1.54) is 5.57 Å². The Labute approximate surface area is 426 Å². The number of carbonyl (C=O) groups excluding carboxylic acids is 1. The van der Waals surface area contributed by atoms with Gasteiger partial charge in [0.1, 0.15) is 79.4 Å². The van der Waals surface area contributed by atoms with Crippen molar-refractivity contribution in [1.82, 2.24) is 0 Å². The zero-order valence-electron chi connectivity index (χ0n) is 43.4. The molecule has 0 bridgehead atoms. The summed E-state index contributed by atoms with van der Waals surface area (Å²) in [5.74, 6) is -0.543. The summed E-state index contributed by atoms with van der Waals surface area (Å²) in [4.78, 5) is 14.7. The molecule has 73 heavy (non-hydrogen) atoms. The molecule has 0 aromatic heterocycles. The van der Waals surface area contributed by atoms with E-state index in [1.807, 2.05) is 13.8 Å². The molecular weight excluding hydrogens is 961 g/mol. The van der Waals surface area contributed by atoms with Crippen molar-refractivity contribution in [3.8, 4) is 0 Å². The Morgan fingerprint density at radius 1 is 0.616 bits per heavy atom. The van der Waals surface area contributed by atoms with E-state index in [2.05, 4.69) is 40.7 Å². The topological polar surface area (TPSA) is 334 Å². The molecule has 4 aliphatic heterocycles. The Balaban J connectivity index is 0.941. The van der Waals surface area contributed by atoms with E-state index in [0.29, 0.717) is 32.1 Å².